The topological polar surface area (TPSA) is 87.0 Å². The molecule has 3 aromatic carbocycles. The summed E-state index contributed by atoms with van der Waals surface area (Å²) in [6.07, 6.45) is 5.27. The first-order chi connectivity index (χ1) is 20.2. The Morgan fingerprint density at radius 1 is 0.732 bits per heavy atom. The van der Waals surface area contributed by atoms with E-state index in [4.69, 9.17) is 37.9 Å². The second kappa shape index (κ2) is 11.7. The highest BCUT2D eigenvalue weighted by molar-refractivity contribution is 5.89. The van der Waals surface area contributed by atoms with Gasteiger partial charge in [-0.1, -0.05) is 30.9 Å². The van der Waals surface area contributed by atoms with Crippen LogP contribution in [0.25, 0.3) is 23.4 Å². The van der Waals surface area contributed by atoms with Crippen molar-refractivity contribution in [2.24, 2.45) is 0 Å². The van der Waals surface area contributed by atoms with E-state index >= 15 is 0 Å². The van der Waals surface area contributed by atoms with Crippen molar-refractivity contribution in [2.75, 3.05) is 52.9 Å². The fourth-order valence-corrected chi connectivity index (χ4v) is 4.52. The fraction of sp³-hybridized carbons (Fsp3) is 0.394. The molecule has 0 N–H and O–H groups in total. The van der Waals surface area contributed by atoms with E-state index in [-0.39, 0.29) is 24.4 Å². The van der Waals surface area contributed by atoms with Crippen LogP contribution in [0, 0.1) is 0 Å². The molecule has 41 heavy (non-hydrogen) atoms. The Kier molecular flexibility index (Phi) is 7.54. The molecule has 4 unspecified atom stereocenters. The molecule has 0 aliphatic carbocycles. The lowest BCUT2D eigenvalue weighted by Gasteiger charge is -2.17. The van der Waals surface area contributed by atoms with E-state index in [1.165, 1.54) is 0 Å². The van der Waals surface area contributed by atoms with Gasteiger partial charge in [-0.2, -0.15) is 0 Å². The average molecular weight is 559 g/mol. The van der Waals surface area contributed by atoms with Crippen LogP contribution in [0.1, 0.15) is 5.56 Å². The van der Waals surface area contributed by atoms with Crippen LogP contribution in [-0.2, 0) is 30.1 Å². The minimum atomic E-state index is 0.133. The molecule has 4 fully saturated rings. The van der Waals surface area contributed by atoms with Gasteiger partial charge >= 0.3 is 0 Å². The van der Waals surface area contributed by atoms with Crippen molar-refractivity contribution in [3.05, 3.63) is 76.4 Å². The highest BCUT2D eigenvalue weighted by Crippen LogP contribution is 2.34. The second-order valence-electron chi connectivity index (χ2n) is 10.8. The largest absolute Gasteiger partial charge is 0.495 e. The van der Waals surface area contributed by atoms with Crippen LogP contribution in [0.15, 0.2) is 60.4 Å². The van der Waals surface area contributed by atoms with Gasteiger partial charge in [0.1, 0.15) is 73.9 Å². The van der Waals surface area contributed by atoms with Crippen molar-refractivity contribution < 1.29 is 37.9 Å². The standard InChI is InChI=1S/C33H34O8/c1-21-10-24(34-13-27-16-37-27)6-2-22(21)3-7-26(36-15-29-18-39-29)12-32-31-11-25(35-14-28-17-38-28)8-4-23(31)5-9-33(32)41-20-30-19-40-30/h2-11,27-30H,1,12-20H2/b22-3-,26-7+. The fourth-order valence-electron chi connectivity index (χ4n) is 4.52. The average Bonchev–Trinajstić information content (AvgIpc) is 3.82. The predicted octanol–water partition coefficient (Wildman–Crippen LogP) is 2.91. The number of hydrogen-bond acceptors (Lipinski definition) is 8. The molecule has 0 bridgehead atoms. The van der Waals surface area contributed by atoms with Gasteiger partial charge in [0.25, 0.3) is 0 Å². The number of hydrogen-bond donors (Lipinski definition) is 0. The van der Waals surface area contributed by atoms with Gasteiger partial charge in [0.15, 0.2) is 0 Å². The molecule has 214 valence electrons. The Balaban J connectivity index is 1.19. The molecule has 0 saturated carbocycles. The zero-order valence-electron chi connectivity index (χ0n) is 22.9. The number of benzene rings is 3. The molecule has 3 aromatic rings. The van der Waals surface area contributed by atoms with Crippen LogP contribution in [-0.4, -0.2) is 77.3 Å². The lowest BCUT2D eigenvalue weighted by atomic mass is 9.99. The van der Waals surface area contributed by atoms with Gasteiger partial charge in [-0.3, -0.25) is 0 Å². The summed E-state index contributed by atoms with van der Waals surface area (Å²) in [6, 6.07) is 16.2. The van der Waals surface area contributed by atoms with E-state index in [2.05, 4.69) is 24.8 Å². The van der Waals surface area contributed by atoms with Gasteiger partial charge in [-0.05, 0) is 57.6 Å². The van der Waals surface area contributed by atoms with E-state index in [9.17, 15) is 0 Å². The van der Waals surface area contributed by atoms with E-state index in [0.717, 1.165) is 76.2 Å². The van der Waals surface area contributed by atoms with Crippen molar-refractivity contribution in [1.29, 1.82) is 0 Å². The molecule has 4 atom stereocenters. The maximum absolute atomic E-state index is 6.30. The van der Waals surface area contributed by atoms with E-state index in [0.29, 0.717) is 32.8 Å². The highest BCUT2D eigenvalue weighted by Gasteiger charge is 2.26. The normalized spacial score (nSPS) is 24.7. The van der Waals surface area contributed by atoms with E-state index in [1.807, 2.05) is 42.5 Å². The highest BCUT2D eigenvalue weighted by atomic mass is 16.6. The van der Waals surface area contributed by atoms with Crippen molar-refractivity contribution in [3.8, 4) is 17.2 Å². The molecule has 0 spiro atoms. The van der Waals surface area contributed by atoms with E-state index in [1.54, 1.807) is 0 Å². The molecule has 8 heteroatoms. The summed E-state index contributed by atoms with van der Waals surface area (Å²) in [4.78, 5) is 0. The van der Waals surface area contributed by atoms with Crippen molar-refractivity contribution >= 4 is 23.4 Å². The number of fused-ring (bicyclic) bond motifs is 1. The molecule has 0 radical (unpaired) electrons. The van der Waals surface area contributed by atoms with Gasteiger partial charge < -0.3 is 37.9 Å². The van der Waals surface area contributed by atoms with Gasteiger partial charge in [0.2, 0.25) is 0 Å². The first-order valence-corrected chi connectivity index (χ1v) is 14.2. The minimum absolute atomic E-state index is 0.133. The Hall–Kier alpha value is -3.56. The van der Waals surface area contributed by atoms with Crippen LogP contribution >= 0.6 is 0 Å². The molecule has 4 saturated heterocycles. The summed E-state index contributed by atoms with van der Waals surface area (Å²) in [7, 11) is 0. The van der Waals surface area contributed by atoms with Crippen LogP contribution in [0.4, 0.5) is 0 Å². The number of allylic oxidation sites excluding steroid dienone is 2. The second-order valence-corrected chi connectivity index (χ2v) is 10.8. The third-order valence-electron chi connectivity index (χ3n) is 7.34. The molecule has 8 nitrogen and oxygen atoms in total. The maximum Gasteiger partial charge on any atom is 0.123 e. The third-order valence-corrected chi connectivity index (χ3v) is 7.34. The maximum atomic E-state index is 6.30. The predicted molar refractivity (Wildman–Crippen MR) is 153 cm³/mol. The Morgan fingerprint density at radius 3 is 1.98 bits per heavy atom. The first kappa shape index (κ1) is 26.3. The number of epoxide rings is 4. The zero-order valence-corrected chi connectivity index (χ0v) is 22.9. The summed E-state index contributed by atoms with van der Waals surface area (Å²) in [5, 5.41) is 4.03. The molecule has 4 aliphatic heterocycles. The summed E-state index contributed by atoms with van der Waals surface area (Å²) in [6.45, 7) is 9.34. The van der Waals surface area contributed by atoms with Crippen LogP contribution in [0.2, 0.25) is 0 Å². The summed E-state index contributed by atoms with van der Waals surface area (Å²) in [5.74, 6) is 3.21. The Bertz CT molecular complexity index is 1530. The van der Waals surface area contributed by atoms with Gasteiger partial charge in [-0.15, -0.1) is 0 Å². The van der Waals surface area contributed by atoms with E-state index < -0.39 is 0 Å². The molecular formula is C33H34O8. The molecule has 4 heterocycles. The van der Waals surface area contributed by atoms with Gasteiger partial charge in [-0.25, -0.2) is 0 Å². The van der Waals surface area contributed by atoms with Crippen molar-refractivity contribution in [3.63, 3.8) is 0 Å². The summed E-state index contributed by atoms with van der Waals surface area (Å²) < 4.78 is 45.8. The molecule has 0 aromatic heterocycles. The van der Waals surface area contributed by atoms with Crippen molar-refractivity contribution in [1.82, 2.24) is 0 Å². The quantitative estimate of drug-likeness (QED) is 0.208. The van der Waals surface area contributed by atoms with Crippen LogP contribution in [0.3, 0.4) is 0 Å². The van der Waals surface area contributed by atoms with Crippen molar-refractivity contribution in [2.45, 2.75) is 30.8 Å². The first-order valence-electron chi connectivity index (χ1n) is 14.2. The smallest absolute Gasteiger partial charge is 0.123 e. The summed E-state index contributed by atoms with van der Waals surface area (Å²) in [5.41, 5.74) is 1.04. The van der Waals surface area contributed by atoms with Crippen LogP contribution < -0.4 is 24.6 Å². The minimum Gasteiger partial charge on any atom is -0.495 e. The number of ether oxygens (including phenoxy) is 8. The molecule has 4 aliphatic rings. The van der Waals surface area contributed by atoms with Gasteiger partial charge in [0.05, 0.1) is 26.4 Å². The lowest BCUT2D eigenvalue weighted by Crippen LogP contribution is -2.22. The number of rotatable bonds is 15. The SMILES string of the molecule is C=c1cc(OCC2CO2)cc/c1=C/C=C(\Cc1c(OCC2CO2)ccc2ccc(OCC3CO3)cc12)OCC1CO1. The van der Waals surface area contributed by atoms with Crippen LogP contribution in [0.5, 0.6) is 17.2 Å². The zero-order chi connectivity index (χ0) is 27.6. The molecule has 7 rings (SSSR count). The third kappa shape index (κ3) is 7.40. The molecular weight excluding hydrogens is 524 g/mol. The Morgan fingerprint density at radius 2 is 1.32 bits per heavy atom. The lowest BCUT2D eigenvalue weighted by molar-refractivity contribution is 0.178. The molecule has 0 amide bonds. The van der Waals surface area contributed by atoms with Gasteiger partial charge in [0, 0.05) is 12.0 Å². The monoisotopic (exact) mass is 558 g/mol. The summed E-state index contributed by atoms with van der Waals surface area (Å²) >= 11 is 0. The Labute approximate surface area is 238 Å².